The van der Waals surface area contributed by atoms with Gasteiger partial charge in [-0.15, -0.1) is 0 Å². The molecule has 0 bridgehead atoms. The number of rotatable bonds is 10. The van der Waals surface area contributed by atoms with Gasteiger partial charge in [-0.3, -0.25) is 14.4 Å². The van der Waals surface area contributed by atoms with Crippen molar-refractivity contribution in [1.29, 1.82) is 0 Å². The van der Waals surface area contributed by atoms with Crippen LogP contribution in [0, 0.1) is 0 Å². The molecule has 0 saturated carbocycles. The average molecular weight is 349 g/mol. The molecule has 1 aromatic rings. The molecule has 0 aromatic heterocycles. The highest BCUT2D eigenvalue weighted by Crippen LogP contribution is 2.13. The van der Waals surface area contributed by atoms with Crippen molar-refractivity contribution in [3.63, 3.8) is 0 Å². The predicted octanol–water partition coefficient (Wildman–Crippen LogP) is 0.278. The van der Waals surface area contributed by atoms with Crippen molar-refractivity contribution in [3.05, 3.63) is 29.8 Å². The second-order valence-electron chi connectivity index (χ2n) is 5.62. The van der Waals surface area contributed by atoms with Crippen LogP contribution >= 0.6 is 0 Å². The highest BCUT2D eigenvalue weighted by atomic mass is 16.4. The minimum absolute atomic E-state index is 0.0951. The van der Waals surface area contributed by atoms with Gasteiger partial charge in [0.25, 0.3) is 0 Å². The Morgan fingerprint density at radius 2 is 1.88 bits per heavy atom. The van der Waals surface area contributed by atoms with Crippen LogP contribution in [0.2, 0.25) is 0 Å². The Morgan fingerprint density at radius 3 is 2.40 bits per heavy atom. The molecule has 3 N–H and O–H groups in total. The lowest BCUT2D eigenvalue weighted by Crippen LogP contribution is -2.33. The molecule has 136 valence electrons. The number of nitrogens with zero attached hydrogens (tertiary/aromatic N) is 1. The van der Waals surface area contributed by atoms with Gasteiger partial charge in [0.15, 0.2) is 0 Å². The molecule has 25 heavy (non-hydrogen) atoms. The van der Waals surface area contributed by atoms with E-state index in [1.807, 2.05) is 0 Å². The van der Waals surface area contributed by atoms with E-state index in [1.54, 1.807) is 31.3 Å². The van der Waals surface area contributed by atoms with E-state index in [-0.39, 0.29) is 31.2 Å². The van der Waals surface area contributed by atoms with E-state index < -0.39 is 12.0 Å². The fourth-order valence-corrected chi connectivity index (χ4v) is 2.12. The molecule has 0 heterocycles. The smallest absolute Gasteiger partial charge is 0.323 e. The maximum Gasteiger partial charge on any atom is 0.323 e. The number of amides is 2. The molecule has 1 unspecified atom stereocenters. The molecule has 0 spiro atoms. The van der Waals surface area contributed by atoms with Crippen molar-refractivity contribution in [3.8, 4) is 0 Å². The molecule has 8 heteroatoms. The predicted molar refractivity (Wildman–Crippen MR) is 92.2 cm³/mol. The zero-order chi connectivity index (χ0) is 18.8. The highest BCUT2D eigenvalue weighted by molar-refractivity contribution is 5.82. The summed E-state index contributed by atoms with van der Waals surface area (Å²) in [6.07, 6.45) is 1.47. The Hall–Kier alpha value is -2.90. The fourth-order valence-electron chi connectivity index (χ4n) is 2.12. The molecule has 0 aliphatic carbocycles. The Kier molecular flexibility index (Phi) is 8.11. The number of benzene rings is 1. The van der Waals surface area contributed by atoms with Crippen LogP contribution in [-0.2, 0) is 25.6 Å². The summed E-state index contributed by atoms with van der Waals surface area (Å²) in [5.74, 6) is -1.49. The number of hydrogen-bond donors (Lipinski definition) is 3. The third-order valence-corrected chi connectivity index (χ3v) is 3.59. The Balaban J connectivity index is 2.57. The van der Waals surface area contributed by atoms with E-state index >= 15 is 0 Å². The highest BCUT2D eigenvalue weighted by Gasteiger charge is 2.13. The van der Waals surface area contributed by atoms with Gasteiger partial charge in [0.05, 0.1) is 12.5 Å². The Bertz CT molecular complexity index is 615. The molecular weight excluding hydrogens is 326 g/mol. The second kappa shape index (κ2) is 10.1. The van der Waals surface area contributed by atoms with E-state index in [1.165, 1.54) is 7.05 Å². The first kappa shape index (κ1) is 20.1. The van der Waals surface area contributed by atoms with Gasteiger partial charge < -0.3 is 25.4 Å². The van der Waals surface area contributed by atoms with Gasteiger partial charge in [0.1, 0.15) is 12.8 Å². The van der Waals surface area contributed by atoms with Crippen molar-refractivity contribution in [2.75, 3.05) is 26.0 Å². The SMILES string of the molecule is CNC(=O)CCC(C=O)Nc1ccc(CC(=O)N(C)CC(=O)O)cc1. The molecule has 1 rings (SSSR count). The summed E-state index contributed by atoms with van der Waals surface area (Å²) in [6.45, 7) is -0.342. The zero-order valence-electron chi connectivity index (χ0n) is 14.3. The maximum absolute atomic E-state index is 11.9. The van der Waals surface area contributed by atoms with E-state index in [4.69, 9.17) is 5.11 Å². The number of anilines is 1. The van der Waals surface area contributed by atoms with Gasteiger partial charge in [0, 0.05) is 26.2 Å². The minimum Gasteiger partial charge on any atom is -0.480 e. The summed E-state index contributed by atoms with van der Waals surface area (Å²) in [4.78, 5) is 46.0. The van der Waals surface area contributed by atoms with Gasteiger partial charge in [-0.05, 0) is 24.1 Å². The average Bonchev–Trinajstić information content (AvgIpc) is 2.58. The number of carbonyl (C=O) groups is 4. The number of hydrogen-bond acceptors (Lipinski definition) is 5. The minimum atomic E-state index is -1.06. The van der Waals surface area contributed by atoms with Crippen molar-refractivity contribution in [2.24, 2.45) is 0 Å². The number of likely N-dealkylation sites (N-methyl/N-ethyl adjacent to an activating group) is 1. The van der Waals surface area contributed by atoms with E-state index in [2.05, 4.69) is 10.6 Å². The van der Waals surface area contributed by atoms with Crippen molar-refractivity contribution >= 4 is 29.8 Å². The molecule has 0 aliphatic heterocycles. The number of carboxylic acid groups (broad SMARTS) is 1. The molecule has 1 atom stereocenters. The first-order chi connectivity index (χ1) is 11.8. The van der Waals surface area contributed by atoms with Crippen LogP contribution in [-0.4, -0.2) is 60.8 Å². The first-order valence-electron chi connectivity index (χ1n) is 7.82. The maximum atomic E-state index is 11.9. The monoisotopic (exact) mass is 349 g/mol. The number of carboxylic acids is 1. The third kappa shape index (κ3) is 7.47. The topological polar surface area (TPSA) is 116 Å². The van der Waals surface area contributed by atoms with Crippen LogP contribution in [0.15, 0.2) is 24.3 Å². The normalized spacial score (nSPS) is 11.3. The number of aldehydes is 1. The molecule has 0 saturated heterocycles. The summed E-state index contributed by atoms with van der Waals surface area (Å²) in [6, 6.07) is 6.45. The number of carbonyl (C=O) groups excluding carboxylic acids is 3. The standard InChI is InChI=1S/C17H23N3O5/c1-18-15(22)8-7-14(11-21)19-13-5-3-12(4-6-13)9-16(23)20(2)10-17(24)25/h3-6,11,14,19H,7-10H2,1-2H3,(H,18,22)(H,24,25). The molecule has 0 fully saturated rings. The van der Waals surface area contributed by atoms with Gasteiger partial charge >= 0.3 is 5.97 Å². The lowest BCUT2D eigenvalue weighted by molar-refractivity contribution is -0.143. The zero-order valence-corrected chi connectivity index (χ0v) is 14.3. The summed E-state index contributed by atoms with van der Waals surface area (Å²) in [5.41, 5.74) is 1.44. The van der Waals surface area contributed by atoms with Crippen molar-refractivity contribution < 1.29 is 24.3 Å². The van der Waals surface area contributed by atoms with E-state index in [9.17, 15) is 19.2 Å². The molecule has 1 aromatic carbocycles. The number of aliphatic carboxylic acids is 1. The summed E-state index contributed by atoms with van der Waals surface area (Å²) < 4.78 is 0. The van der Waals surface area contributed by atoms with Crippen LogP contribution < -0.4 is 10.6 Å². The lowest BCUT2D eigenvalue weighted by atomic mass is 10.1. The largest absolute Gasteiger partial charge is 0.480 e. The van der Waals surface area contributed by atoms with Gasteiger partial charge in [-0.2, -0.15) is 0 Å². The Morgan fingerprint density at radius 1 is 1.24 bits per heavy atom. The van der Waals surface area contributed by atoms with E-state index in [0.717, 1.165) is 16.7 Å². The van der Waals surface area contributed by atoms with Crippen molar-refractivity contribution in [1.82, 2.24) is 10.2 Å². The first-order valence-corrected chi connectivity index (χ1v) is 7.82. The van der Waals surface area contributed by atoms with Crippen LogP contribution in [0.1, 0.15) is 18.4 Å². The lowest BCUT2D eigenvalue weighted by Gasteiger charge is -2.16. The van der Waals surface area contributed by atoms with Gasteiger partial charge in [-0.1, -0.05) is 12.1 Å². The number of nitrogens with one attached hydrogen (secondary N) is 2. The summed E-state index contributed by atoms with van der Waals surface area (Å²) in [5, 5.41) is 14.2. The summed E-state index contributed by atoms with van der Waals surface area (Å²) >= 11 is 0. The molecule has 8 nitrogen and oxygen atoms in total. The van der Waals surface area contributed by atoms with Crippen LogP contribution in [0.3, 0.4) is 0 Å². The molecule has 2 amide bonds. The quantitative estimate of drug-likeness (QED) is 0.523. The summed E-state index contributed by atoms with van der Waals surface area (Å²) in [7, 11) is 2.98. The Labute approximate surface area is 146 Å². The molecule has 0 radical (unpaired) electrons. The van der Waals surface area contributed by atoms with Gasteiger partial charge in [-0.25, -0.2) is 0 Å². The van der Waals surface area contributed by atoms with E-state index in [0.29, 0.717) is 12.1 Å². The van der Waals surface area contributed by atoms with Crippen LogP contribution in [0.25, 0.3) is 0 Å². The molecule has 0 aliphatic rings. The molecular formula is C17H23N3O5. The van der Waals surface area contributed by atoms with Crippen LogP contribution in [0.5, 0.6) is 0 Å². The third-order valence-electron chi connectivity index (χ3n) is 3.59. The second-order valence-corrected chi connectivity index (χ2v) is 5.62. The van der Waals surface area contributed by atoms with Crippen molar-refractivity contribution in [2.45, 2.75) is 25.3 Å². The fraction of sp³-hybridized carbons (Fsp3) is 0.412. The van der Waals surface area contributed by atoms with Gasteiger partial charge in [0.2, 0.25) is 11.8 Å². The van der Waals surface area contributed by atoms with Crippen LogP contribution in [0.4, 0.5) is 5.69 Å².